The van der Waals surface area contributed by atoms with Crippen LogP contribution >= 0.6 is 11.6 Å². The number of amides is 1. The van der Waals surface area contributed by atoms with Gasteiger partial charge < -0.3 is 4.98 Å². The average Bonchev–Trinajstić information content (AvgIpc) is 2.87. The molecule has 1 amide bonds. The number of fused-ring (bicyclic) bond motifs is 1. The van der Waals surface area contributed by atoms with Crippen LogP contribution in [0.15, 0.2) is 83.8 Å². The van der Waals surface area contributed by atoms with Gasteiger partial charge in [-0.2, -0.15) is 0 Å². The van der Waals surface area contributed by atoms with E-state index in [2.05, 4.69) is 9.97 Å². The number of nitrogens with zero attached hydrogens (tertiary/aromatic N) is 2. The summed E-state index contributed by atoms with van der Waals surface area (Å²) in [6, 6.07) is 21.5. The number of aromatic nitrogens is 3. The maximum Gasteiger partial charge on any atom is 0.270 e. The first kappa shape index (κ1) is 26.3. The number of aryl methyl sites for hydroxylation is 2. The summed E-state index contributed by atoms with van der Waals surface area (Å²) in [6.45, 7) is 3.65. The molecule has 5 rings (SSSR count). The van der Waals surface area contributed by atoms with Gasteiger partial charge in [0.2, 0.25) is 15.5 Å². The van der Waals surface area contributed by atoms with Crippen molar-refractivity contribution >= 4 is 38.6 Å². The summed E-state index contributed by atoms with van der Waals surface area (Å²) in [7, 11) is -4.06. The second-order valence-corrected chi connectivity index (χ2v) is 11.3. The zero-order chi connectivity index (χ0) is 27.7. The molecular weight excluding hydrogens is 536 g/mol. The number of H-pyrrole nitrogens is 1. The summed E-state index contributed by atoms with van der Waals surface area (Å²) >= 11 is 6.23. The number of hydrogen-bond acceptors (Lipinski definition) is 6. The molecule has 3 aromatic heterocycles. The minimum atomic E-state index is -4.06. The second-order valence-electron chi connectivity index (χ2n) is 9.18. The number of rotatable bonds is 6. The predicted molar refractivity (Wildman–Crippen MR) is 152 cm³/mol. The van der Waals surface area contributed by atoms with Gasteiger partial charge in [0.15, 0.2) is 0 Å². The van der Waals surface area contributed by atoms with Crippen LogP contribution in [0, 0.1) is 13.8 Å². The first-order valence-electron chi connectivity index (χ1n) is 12.0. The fraction of sp³-hybridized carbons (Fsp3) is 0.103. The molecule has 10 heteroatoms. The van der Waals surface area contributed by atoms with E-state index in [0.717, 1.165) is 11.1 Å². The summed E-state index contributed by atoms with van der Waals surface area (Å²) in [5.74, 6) is -1.43. The van der Waals surface area contributed by atoms with E-state index < -0.39 is 27.1 Å². The van der Waals surface area contributed by atoms with Crippen LogP contribution in [0.3, 0.4) is 0 Å². The normalized spacial score (nSPS) is 11.5. The van der Waals surface area contributed by atoms with Gasteiger partial charge in [-0.15, -0.1) is 0 Å². The Morgan fingerprint density at radius 1 is 0.949 bits per heavy atom. The van der Waals surface area contributed by atoms with Crippen molar-refractivity contribution in [2.24, 2.45) is 0 Å². The van der Waals surface area contributed by atoms with E-state index in [4.69, 9.17) is 16.6 Å². The van der Waals surface area contributed by atoms with E-state index in [-0.39, 0.29) is 21.7 Å². The maximum absolute atomic E-state index is 13.5. The minimum absolute atomic E-state index is 0.124. The van der Waals surface area contributed by atoms with Crippen molar-refractivity contribution in [3.05, 3.63) is 117 Å². The molecule has 2 aromatic carbocycles. The largest absolute Gasteiger partial charge is 0.345 e. The lowest BCUT2D eigenvalue weighted by atomic mass is 9.98. The van der Waals surface area contributed by atoms with Crippen LogP contribution in [0.4, 0.5) is 0 Å². The molecule has 0 bridgehead atoms. The number of sulfonamides is 1. The number of benzene rings is 2. The zero-order valence-electron chi connectivity index (χ0n) is 21.0. The predicted octanol–water partition coefficient (Wildman–Crippen LogP) is 5.18. The van der Waals surface area contributed by atoms with Crippen LogP contribution in [0.5, 0.6) is 0 Å². The standard InChI is InChI=1S/C29H23ClN4O4S/c1-17-7-6-8-19(11-17)16-39(37,38)34-29(36)24-15-31-28-23(27(24)35)14-22(21-12-18(2)32-25(30)13-21)26(33-28)20-9-4-3-5-10-20/h3-15H,16H2,1-2H3,(H,34,36)(H,31,33,35). The van der Waals surface area contributed by atoms with Gasteiger partial charge in [0.1, 0.15) is 16.4 Å². The highest BCUT2D eigenvalue weighted by Gasteiger charge is 2.22. The third kappa shape index (κ3) is 5.74. The van der Waals surface area contributed by atoms with Gasteiger partial charge >= 0.3 is 0 Å². The summed E-state index contributed by atoms with van der Waals surface area (Å²) in [6.07, 6.45) is 1.18. The molecule has 0 saturated heterocycles. The lowest BCUT2D eigenvalue weighted by Gasteiger charge is -2.13. The number of halogens is 1. The van der Waals surface area contributed by atoms with Gasteiger partial charge in [-0.25, -0.2) is 23.1 Å². The number of carbonyl (C=O) groups is 1. The highest BCUT2D eigenvalue weighted by Crippen LogP contribution is 2.33. The van der Waals surface area contributed by atoms with Crippen LogP contribution in [-0.4, -0.2) is 29.3 Å². The van der Waals surface area contributed by atoms with Crippen molar-refractivity contribution in [1.29, 1.82) is 0 Å². The van der Waals surface area contributed by atoms with Crippen LogP contribution in [0.1, 0.15) is 27.2 Å². The number of aromatic amines is 1. The number of hydrogen-bond donors (Lipinski definition) is 2. The zero-order valence-corrected chi connectivity index (χ0v) is 22.6. The molecule has 0 spiro atoms. The second kappa shape index (κ2) is 10.4. The van der Waals surface area contributed by atoms with E-state index in [1.165, 1.54) is 6.20 Å². The summed E-state index contributed by atoms with van der Waals surface area (Å²) in [5, 5.41) is 0.406. The van der Waals surface area contributed by atoms with Gasteiger partial charge in [-0.1, -0.05) is 71.8 Å². The van der Waals surface area contributed by atoms with Crippen molar-refractivity contribution in [3.63, 3.8) is 0 Å². The Hall–Kier alpha value is -4.34. The van der Waals surface area contributed by atoms with E-state index >= 15 is 0 Å². The Labute approximate surface area is 229 Å². The molecule has 0 aliphatic heterocycles. The smallest absolute Gasteiger partial charge is 0.270 e. The maximum atomic E-state index is 13.5. The summed E-state index contributed by atoms with van der Waals surface area (Å²) in [5.41, 5.74) is 4.04. The number of nitrogens with one attached hydrogen (secondary N) is 2. The molecule has 0 radical (unpaired) electrons. The average molecular weight is 559 g/mol. The van der Waals surface area contributed by atoms with Crippen LogP contribution < -0.4 is 10.2 Å². The minimum Gasteiger partial charge on any atom is -0.345 e. The molecule has 0 atom stereocenters. The molecule has 5 aromatic rings. The van der Waals surface area contributed by atoms with Gasteiger partial charge in [0.05, 0.1) is 16.8 Å². The summed E-state index contributed by atoms with van der Waals surface area (Å²) < 4.78 is 27.4. The SMILES string of the molecule is Cc1cccc(CS(=O)(=O)NC(=O)c2c[nH]c3nc(-c4ccccc4)c(-c4cc(C)nc(Cl)c4)cc3c2=O)c1. The Morgan fingerprint density at radius 2 is 1.72 bits per heavy atom. The molecular formula is C29H23ClN4O4S. The van der Waals surface area contributed by atoms with Crippen molar-refractivity contribution < 1.29 is 13.2 Å². The van der Waals surface area contributed by atoms with E-state index in [0.29, 0.717) is 28.1 Å². The molecule has 3 heterocycles. The van der Waals surface area contributed by atoms with Gasteiger partial charge in [0, 0.05) is 23.0 Å². The highest BCUT2D eigenvalue weighted by molar-refractivity contribution is 7.89. The molecule has 0 aliphatic carbocycles. The molecule has 0 unspecified atom stereocenters. The van der Waals surface area contributed by atoms with Gasteiger partial charge in [-0.05, 0) is 43.2 Å². The molecule has 0 saturated carbocycles. The Bertz CT molecular complexity index is 1880. The Morgan fingerprint density at radius 3 is 2.44 bits per heavy atom. The topological polar surface area (TPSA) is 122 Å². The lowest BCUT2D eigenvalue weighted by molar-refractivity contribution is 0.0980. The van der Waals surface area contributed by atoms with Gasteiger partial charge in [-0.3, -0.25) is 9.59 Å². The molecule has 0 aliphatic rings. The molecule has 0 fully saturated rings. The van der Waals surface area contributed by atoms with Crippen molar-refractivity contribution in [2.75, 3.05) is 0 Å². The molecule has 39 heavy (non-hydrogen) atoms. The first-order valence-corrected chi connectivity index (χ1v) is 14.0. The monoisotopic (exact) mass is 558 g/mol. The fourth-order valence-electron chi connectivity index (χ4n) is 4.39. The Balaban J connectivity index is 1.59. The number of carbonyl (C=O) groups excluding carboxylic acids is 1. The lowest BCUT2D eigenvalue weighted by Crippen LogP contribution is -2.34. The Kier molecular flexibility index (Phi) is 7.03. The van der Waals surface area contributed by atoms with E-state index in [1.807, 2.05) is 54.1 Å². The molecule has 196 valence electrons. The van der Waals surface area contributed by atoms with Crippen LogP contribution in [-0.2, 0) is 15.8 Å². The first-order chi connectivity index (χ1) is 18.6. The van der Waals surface area contributed by atoms with E-state index in [9.17, 15) is 18.0 Å². The van der Waals surface area contributed by atoms with Gasteiger partial charge in [0.25, 0.3) is 5.91 Å². The molecule has 8 nitrogen and oxygen atoms in total. The summed E-state index contributed by atoms with van der Waals surface area (Å²) in [4.78, 5) is 38.2. The quantitative estimate of drug-likeness (QED) is 0.277. The van der Waals surface area contributed by atoms with Crippen molar-refractivity contribution in [3.8, 4) is 22.4 Å². The van der Waals surface area contributed by atoms with Crippen molar-refractivity contribution in [1.82, 2.24) is 19.7 Å². The third-order valence-electron chi connectivity index (χ3n) is 6.08. The van der Waals surface area contributed by atoms with Crippen LogP contribution in [0.25, 0.3) is 33.4 Å². The highest BCUT2D eigenvalue weighted by atomic mass is 35.5. The van der Waals surface area contributed by atoms with Crippen molar-refractivity contribution in [2.45, 2.75) is 19.6 Å². The van der Waals surface area contributed by atoms with Crippen LogP contribution in [0.2, 0.25) is 5.15 Å². The third-order valence-corrected chi connectivity index (χ3v) is 7.48. The van der Waals surface area contributed by atoms with E-state index in [1.54, 1.807) is 37.3 Å². The fourth-order valence-corrected chi connectivity index (χ4v) is 5.72. The number of pyridine rings is 3. The molecule has 2 N–H and O–H groups in total.